The molecule has 0 bridgehead atoms. The summed E-state index contributed by atoms with van der Waals surface area (Å²) in [6.45, 7) is 7.20. The molecule has 1 amide bonds. The number of guanidine groups is 1. The van der Waals surface area contributed by atoms with Gasteiger partial charge in [-0.3, -0.25) is 9.69 Å². The molecule has 162 valence electrons. The highest BCUT2D eigenvalue weighted by molar-refractivity contribution is 14.0. The van der Waals surface area contributed by atoms with Crippen molar-refractivity contribution in [2.24, 2.45) is 4.99 Å². The number of hydrogen-bond donors (Lipinski definition) is 2. The second kappa shape index (κ2) is 13.3. The first-order chi connectivity index (χ1) is 13.4. The Hall–Kier alpha value is -1.03. The third-order valence-corrected chi connectivity index (χ3v) is 4.98. The minimum Gasteiger partial charge on any atom is -0.354 e. The van der Waals surface area contributed by atoms with Crippen LogP contribution in [0.25, 0.3) is 0 Å². The minimum atomic E-state index is -0.0327. The Balaban J connectivity index is 0.00000420. The quantitative estimate of drug-likeness (QED) is 0.235. The smallest absolute Gasteiger partial charge is 0.243 e. The van der Waals surface area contributed by atoms with E-state index in [0.717, 1.165) is 38.0 Å². The van der Waals surface area contributed by atoms with Crippen LogP contribution < -0.4 is 10.6 Å². The maximum atomic E-state index is 11.8. The van der Waals surface area contributed by atoms with Crippen molar-refractivity contribution in [3.8, 4) is 0 Å². The molecule has 0 atom stereocenters. The molecule has 6 nitrogen and oxygen atoms in total. The summed E-state index contributed by atoms with van der Waals surface area (Å²) in [5.41, 5.74) is 1.13. The number of hydrogen-bond acceptors (Lipinski definition) is 3. The number of rotatable bonds is 7. The largest absolute Gasteiger partial charge is 0.354 e. The molecule has 1 aromatic carbocycles. The van der Waals surface area contributed by atoms with Crippen LogP contribution in [0.3, 0.4) is 0 Å². The van der Waals surface area contributed by atoms with E-state index in [1.165, 1.54) is 4.90 Å². The molecule has 0 unspecified atom stereocenters. The number of carbonyl (C=O) groups excluding carboxylic acids is 1. The fraction of sp³-hybridized carbons (Fsp3) is 0.500. The Kier molecular flexibility index (Phi) is 11.9. The lowest BCUT2D eigenvalue weighted by atomic mass is 10.0. The average Bonchev–Trinajstić information content (AvgIpc) is 2.64. The maximum absolute atomic E-state index is 11.8. The van der Waals surface area contributed by atoms with Crippen LogP contribution in [0.2, 0.25) is 10.0 Å². The second-order valence-corrected chi connectivity index (χ2v) is 7.97. The zero-order valence-corrected chi connectivity index (χ0v) is 20.8. The van der Waals surface area contributed by atoms with Crippen LogP contribution in [-0.2, 0) is 11.3 Å². The van der Waals surface area contributed by atoms with Gasteiger partial charge in [0.1, 0.15) is 6.54 Å². The van der Waals surface area contributed by atoms with Gasteiger partial charge in [-0.25, -0.2) is 4.99 Å². The molecule has 1 aliphatic rings. The van der Waals surface area contributed by atoms with Gasteiger partial charge in [-0.1, -0.05) is 29.3 Å². The van der Waals surface area contributed by atoms with Crippen molar-refractivity contribution < 1.29 is 4.79 Å². The lowest BCUT2D eigenvalue weighted by molar-refractivity contribution is -0.127. The van der Waals surface area contributed by atoms with E-state index in [1.54, 1.807) is 26.2 Å². The molecule has 0 radical (unpaired) electrons. The zero-order valence-electron chi connectivity index (χ0n) is 17.0. The van der Waals surface area contributed by atoms with E-state index in [9.17, 15) is 4.79 Å². The molecule has 1 aromatic rings. The predicted molar refractivity (Wildman–Crippen MR) is 133 cm³/mol. The van der Waals surface area contributed by atoms with Crippen LogP contribution in [0.1, 0.15) is 18.4 Å². The van der Waals surface area contributed by atoms with E-state index in [-0.39, 0.29) is 36.4 Å². The molecular formula is C20H30Cl2IN5O. The minimum absolute atomic E-state index is 0. The number of nitrogens with zero attached hydrogens (tertiary/aromatic N) is 3. The first-order valence-corrected chi connectivity index (χ1v) is 10.2. The van der Waals surface area contributed by atoms with Crippen molar-refractivity contribution in [1.29, 1.82) is 0 Å². The predicted octanol–water partition coefficient (Wildman–Crippen LogP) is 3.39. The number of nitrogens with one attached hydrogen (secondary N) is 2. The van der Waals surface area contributed by atoms with Crippen LogP contribution in [0.5, 0.6) is 0 Å². The molecule has 0 aromatic heterocycles. The molecule has 29 heavy (non-hydrogen) atoms. The van der Waals surface area contributed by atoms with Crippen molar-refractivity contribution in [1.82, 2.24) is 20.4 Å². The SMILES string of the molecule is C=CCNC(=NCC(=O)N(C)C)NC1CCN(Cc2cc(Cl)cc(Cl)c2)CC1.I. The molecule has 1 aliphatic heterocycles. The fourth-order valence-electron chi connectivity index (χ4n) is 3.00. The fourth-order valence-corrected chi connectivity index (χ4v) is 3.57. The van der Waals surface area contributed by atoms with E-state index < -0.39 is 0 Å². The Morgan fingerprint density at radius 2 is 1.90 bits per heavy atom. The average molecular weight is 554 g/mol. The molecule has 1 heterocycles. The maximum Gasteiger partial charge on any atom is 0.243 e. The number of likely N-dealkylation sites (N-methyl/N-ethyl adjacent to an activating group) is 1. The van der Waals surface area contributed by atoms with E-state index in [2.05, 4.69) is 27.1 Å². The summed E-state index contributed by atoms with van der Waals surface area (Å²) in [5, 5.41) is 7.96. The van der Waals surface area contributed by atoms with E-state index in [0.29, 0.717) is 28.6 Å². The van der Waals surface area contributed by atoms with E-state index in [1.807, 2.05) is 12.1 Å². The topological polar surface area (TPSA) is 60.0 Å². The number of halogens is 3. The molecule has 0 spiro atoms. The summed E-state index contributed by atoms with van der Waals surface area (Å²) in [5.74, 6) is 0.616. The zero-order chi connectivity index (χ0) is 20.5. The molecule has 0 aliphatic carbocycles. The molecule has 0 saturated carbocycles. The van der Waals surface area contributed by atoms with E-state index in [4.69, 9.17) is 23.2 Å². The van der Waals surface area contributed by atoms with Crippen molar-refractivity contribution in [3.05, 3.63) is 46.5 Å². The van der Waals surface area contributed by atoms with Gasteiger partial charge in [0.05, 0.1) is 0 Å². The molecule has 2 rings (SSSR count). The van der Waals surface area contributed by atoms with Gasteiger partial charge in [-0.15, -0.1) is 30.6 Å². The third kappa shape index (κ3) is 9.55. The van der Waals surface area contributed by atoms with Gasteiger partial charge >= 0.3 is 0 Å². The van der Waals surface area contributed by atoms with Gasteiger partial charge in [0.25, 0.3) is 0 Å². The van der Waals surface area contributed by atoms with Crippen LogP contribution in [0.15, 0.2) is 35.8 Å². The van der Waals surface area contributed by atoms with Gasteiger partial charge in [-0.05, 0) is 36.6 Å². The second-order valence-electron chi connectivity index (χ2n) is 7.10. The normalized spacial score (nSPS) is 15.4. The first-order valence-electron chi connectivity index (χ1n) is 9.40. The molecule has 1 fully saturated rings. The van der Waals surface area contributed by atoms with Gasteiger partial charge in [0.15, 0.2) is 5.96 Å². The Morgan fingerprint density at radius 3 is 2.45 bits per heavy atom. The number of carbonyl (C=O) groups is 1. The summed E-state index contributed by atoms with van der Waals surface area (Å²) in [6.07, 6.45) is 3.75. The molecule has 2 N–H and O–H groups in total. The highest BCUT2D eigenvalue weighted by atomic mass is 127. The van der Waals surface area contributed by atoms with Crippen LogP contribution in [0.4, 0.5) is 0 Å². The van der Waals surface area contributed by atoms with E-state index >= 15 is 0 Å². The summed E-state index contributed by atoms with van der Waals surface area (Å²) in [4.78, 5) is 20.1. The van der Waals surface area contributed by atoms with Crippen LogP contribution in [0, 0.1) is 0 Å². The summed E-state index contributed by atoms with van der Waals surface area (Å²) >= 11 is 12.2. The summed E-state index contributed by atoms with van der Waals surface area (Å²) in [6, 6.07) is 5.98. The Morgan fingerprint density at radius 1 is 1.28 bits per heavy atom. The number of benzene rings is 1. The van der Waals surface area contributed by atoms with Crippen molar-refractivity contribution in [3.63, 3.8) is 0 Å². The standard InChI is InChI=1S/C20H29Cl2N5O.HI/c1-4-7-23-20(24-13-19(28)26(2)3)25-18-5-8-27(9-6-18)14-15-10-16(21)12-17(22)11-15;/h4,10-12,18H,1,5-9,13-14H2,2-3H3,(H2,23,24,25);1H. The lowest BCUT2D eigenvalue weighted by Crippen LogP contribution is -2.48. The Bertz CT molecular complexity index is 686. The van der Waals surface area contributed by atoms with Crippen molar-refractivity contribution in [2.45, 2.75) is 25.4 Å². The third-order valence-electron chi connectivity index (χ3n) is 4.54. The van der Waals surface area contributed by atoms with Gasteiger partial charge in [0, 0.05) is 56.4 Å². The molecule has 9 heteroatoms. The van der Waals surface area contributed by atoms with Crippen LogP contribution >= 0.6 is 47.2 Å². The van der Waals surface area contributed by atoms with Gasteiger partial charge in [-0.2, -0.15) is 0 Å². The summed E-state index contributed by atoms with van der Waals surface area (Å²) < 4.78 is 0. The number of aliphatic imine (C=N–C) groups is 1. The molecule has 1 saturated heterocycles. The summed E-state index contributed by atoms with van der Waals surface area (Å²) in [7, 11) is 3.45. The van der Waals surface area contributed by atoms with Crippen LogP contribution in [-0.4, -0.2) is 68.0 Å². The molecular weight excluding hydrogens is 524 g/mol. The number of amides is 1. The highest BCUT2D eigenvalue weighted by Gasteiger charge is 2.20. The Labute approximate surface area is 200 Å². The van der Waals surface area contributed by atoms with Gasteiger partial charge < -0.3 is 15.5 Å². The van der Waals surface area contributed by atoms with Crippen molar-refractivity contribution >= 4 is 59.0 Å². The first kappa shape index (κ1) is 26.0. The number of likely N-dealkylation sites (tertiary alicyclic amines) is 1. The number of piperidine rings is 1. The van der Waals surface area contributed by atoms with Gasteiger partial charge in [0.2, 0.25) is 5.91 Å². The lowest BCUT2D eigenvalue weighted by Gasteiger charge is -2.33. The van der Waals surface area contributed by atoms with Crippen molar-refractivity contribution in [2.75, 3.05) is 40.3 Å². The monoisotopic (exact) mass is 553 g/mol. The highest BCUT2D eigenvalue weighted by Crippen LogP contribution is 2.21.